The molecule has 0 spiro atoms. The van der Waals surface area contributed by atoms with Crippen molar-refractivity contribution in [1.29, 1.82) is 0 Å². The number of carbonyl (C=O) groups excluding carboxylic acids is 3. The quantitative estimate of drug-likeness (QED) is 0.811. The smallest absolute Gasteiger partial charge is 0.341 e. The number of methoxy groups -OCH3 is 2. The van der Waals surface area contributed by atoms with Gasteiger partial charge in [-0.15, -0.1) is 11.3 Å². The van der Waals surface area contributed by atoms with Crippen LogP contribution in [0.2, 0.25) is 0 Å². The Balaban J connectivity index is 1.98. The van der Waals surface area contributed by atoms with Crippen LogP contribution in [0.4, 0.5) is 5.00 Å². The maximum absolute atomic E-state index is 12.7. The van der Waals surface area contributed by atoms with Gasteiger partial charge in [0.15, 0.2) is 0 Å². The molecule has 0 saturated heterocycles. The molecule has 1 amide bonds. The number of benzene rings is 1. The van der Waals surface area contributed by atoms with Gasteiger partial charge in [-0.3, -0.25) is 9.59 Å². The number of thiophene rings is 1. The van der Waals surface area contributed by atoms with Gasteiger partial charge >= 0.3 is 11.9 Å². The number of ether oxygens (including phenoxy) is 2. The highest BCUT2D eigenvalue weighted by Gasteiger charge is 2.38. The van der Waals surface area contributed by atoms with Crippen LogP contribution in [-0.4, -0.2) is 32.1 Å². The molecule has 0 fully saturated rings. The summed E-state index contributed by atoms with van der Waals surface area (Å²) in [4.78, 5) is 38.1. The third-order valence-corrected chi connectivity index (χ3v) is 6.08. The fourth-order valence-corrected chi connectivity index (χ4v) is 4.55. The average Bonchev–Trinajstić information content (AvgIpc) is 3.21. The zero-order valence-corrected chi connectivity index (χ0v) is 16.5. The molecule has 1 aromatic carbocycles. The molecule has 2 aromatic rings. The fourth-order valence-electron chi connectivity index (χ4n) is 3.29. The van der Waals surface area contributed by atoms with Crippen LogP contribution in [0.15, 0.2) is 18.2 Å². The van der Waals surface area contributed by atoms with Gasteiger partial charge < -0.3 is 14.8 Å². The van der Waals surface area contributed by atoms with Crippen LogP contribution in [0.1, 0.15) is 54.6 Å². The highest BCUT2D eigenvalue weighted by atomic mass is 32.1. The Morgan fingerprint density at radius 3 is 2.48 bits per heavy atom. The summed E-state index contributed by atoms with van der Waals surface area (Å²) in [5, 5.41) is 3.23. The minimum Gasteiger partial charge on any atom is -0.469 e. The Hall–Kier alpha value is -2.67. The number of rotatable bonds is 4. The molecule has 27 heavy (non-hydrogen) atoms. The van der Waals surface area contributed by atoms with Crippen molar-refractivity contribution in [3.05, 3.63) is 50.9 Å². The van der Waals surface area contributed by atoms with Gasteiger partial charge in [-0.1, -0.05) is 6.07 Å². The zero-order chi connectivity index (χ0) is 19.7. The van der Waals surface area contributed by atoms with Gasteiger partial charge in [0.2, 0.25) is 0 Å². The minimum atomic E-state index is -0.571. The van der Waals surface area contributed by atoms with Crippen molar-refractivity contribution in [3.63, 3.8) is 0 Å². The molecule has 142 valence electrons. The first-order chi connectivity index (χ1) is 12.9. The number of nitrogens with one attached hydrogen (secondary N) is 1. The van der Waals surface area contributed by atoms with Gasteiger partial charge in [-0.05, 0) is 55.5 Å². The number of hydrogen-bond donors (Lipinski definition) is 1. The summed E-state index contributed by atoms with van der Waals surface area (Å²) in [6, 6.07) is 5.43. The van der Waals surface area contributed by atoms with E-state index in [0.29, 0.717) is 29.0 Å². The predicted molar refractivity (Wildman–Crippen MR) is 103 cm³/mol. The lowest BCUT2D eigenvalue weighted by atomic mass is 9.99. The molecule has 0 unspecified atom stereocenters. The van der Waals surface area contributed by atoms with Gasteiger partial charge in [0.1, 0.15) is 5.00 Å². The fraction of sp³-hybridized carbons (Fsp3) is 0.350. The Morgan fingerprint density at radius 1 is 1.11 bits per heavy atom. The molecular weight excluding hydrogens is 366 g/mol. The first-order valence-electron chi connectivity index (χ1n) is 8.57. The van der Waals surface area contributed by atoms with E-state index in [1.165, 1.54) is 25.6 Å². The van der Waals surface area contributed by atoms with Crippen molar-refractivity contribution in [1.82, 2.24) is 0 Å². The molecule has 1 heterocycles. The topological polar surface area (TPSA) is 81.7 Å². The average molecular weight is 387 g/mol. The van der Waals surface area contributed by atoms with E-state index in [4.69, 9.17) is 9.47 Å². The van der Waals surface area contributed by atoms with Crippen molar-refractivity contribution >= 4 is 34.2 Å². The van der Waals surface area contributed by atoms with E-state index in [1.807, 2.05) is 19.9 Å². The lowest BCUT2D eigenvalue weighted by Crippen LogP contribution is -2.17. The Bertz CT molecular complexity index is 931. The van der Waals surface area contributed by atoms with Crippen LogP contribution in [-0.2, 0) is 20.7 Å². The third kappa shape index (κ3) is 3.47. The molecule has 0 aliphatic heterocycles. The molecule has 0 saturated carbocycles. The van der Waals surface area contributed by atoms with Crippen LogP contribution in [0.3, 0.4) is 0 Å². The van der Waals surface area contributed by atoms with Gasteiger partial charge in [-0.2, -0.15) is 0 Å². The molecule has 6 nitrogen and oxygen atoms in total. The van der Waals surface area contributed by atoms with Gasteiger partial charge in [0.25, 0.3) is 5.91 Å². The Morgan fingerprint density at radius 2 is 1.85 bits per heavy atom. The summed E-state index contributed by atoms with van der Waals surface area (Å²) >= 11 is 1.31. The molecule has 0 radical (unpaired) electrons. The normalized spacial score (nSPS) is 15.2. The molecule has 1 aliphatic carbocycles. The molecule has 3 rings (SSSR count). The maximum atomic E-state index is 12.7. The van der Waals surface area contributed by atoms with E-state index in [-0.39, 0.29) is 17.4 Å². The molecule has 1 aromatic heterocycles. The number of carbonyl (C=O) groups is 3. The zero-order valence-electron chi connectivity index (χ0n) is 15.7. The van der Waals surface area contributed by atoms with Crippen LogP contribution >= 0.6 is 11.3 Å². The number of fused-ring (bicyclic) bond motifs is 1. The summed E-state index contributed by atoms with van der Waals surface area (Å²) in [6.45, 7) is 3.91. The lowest BCUT2D eigenvalue weighted by Gasteiger charge is -2.12. The van der Waals surface area contributed by atoms with E-state index >= 15 is 0 Å². The predicted octanol–water partition coefficient (Wildman–Crippen LogP) is 3.61. The Labute approximate surface area is 161 Å². The number of anilines is 1. The van der Waals surface area contributed by atoms with E-state index in [0.717, 1.165) is 16.0 Å². The molecule has 0 bridgehead atoms. The summed E-state index contributed by atoms with van der Waals surface area (Å²) < 4.78 is 9.78. The largest absolute Gasteiger partial charge is 0.469 e. The number of esters is 2. The summed E-state index contributed by atoms with van der Waals surface area (Å²) in [5.41, 5.74) is 3.48. The first kappa shape index (κ1) is 19.1. The van der Waals surface area contributed by atoms with Crippen LogP contribution in [0, 0.1) is 13.8 Å². The summed E-state index contributed by atoms with van der Waals surface area (Å²) in [5.74, 6) is -1.78. The van der Waals surface area contributed by atoms with E-state index in [2.05, 4.69) is 5.32 Å². The maximum Gasteiger partial charge on any atom is 0.341 e. The molecule has 1 N–H and O–H groups in total. The second-order valence-electron chi connectivity index (χ2n) is 6.50. The minimum absolute atomic E-state index is 0.252. The third-order valence-electron chi connectivity index (χ3n) is 4.90. The second-order valence-corrected chi connectivity index (χ2v) is 7.61. The van der Waals surface area contributed by atoms with Crippen molar-refractivity contribution in [3.8, 4) is 0 Å². The molecule has 1 aliphatic rings. The molecule has 7 heteroatoms. The molecular formula is C20H21NO5S. The summed E-state index contributed by atoms with van der Waals surface area (Å²) in [6.07, 6.45) is 1.24. The lowest BCUT2D eigenvalue weighted by molar-refractivity contribution is -0.142. The number of aryl methyl sites for hydroxylation is 3. The van der Waals surface area contributed by atoms with Gasteiger partial charge in [0.05, 0.1) is 25.7 Å². The van der Waals surface area contributed by atoms with E-state index < -0.39 is 11.9 Å². The van der Waals surface area contributed by atoms with Gasteiger partial charge in [-0.25, -0.2) is 4.79 Å². The van der Waals surface area contributed by atoms with Crippen LogP contribution < -0.4 is 5.32 Å². The molecule has 1 atom stereocenters. The van der Waals surface area contributed by atoms with Crippen molar-refractivity contribution in [2.45, 2.75) is 32.6 Å². The second kappa shape index (κ2) is 7.52. The first-order valence-corrected chi connectivity index (χ1v) is 9.39. The number of hydrogen-bond acceptors (Lipinski definition) is 6. The SMILES string of the molecule is COC(=O)c1c(NC(=O)c2ccc(C)c(C)c2)sc2c1[C@@H](C(=O)OC)CC2. The van der Waals surface area contributed by atoms with Crippen LogP contribution in [0.25, 0.3) is 0 Å². The monoisotopic (exact) mass is 387 g/mol. The number of amides is 1. The van der Waals surface area contributed by atoms with Gasteiger partial charge in [0, 0.05) is 10.4 Å². The summed E-state index contributed by atoms with van der Waals surface area (Å²) in [7, 11) is 2.61. The van der Waals surface area contributed by atoms with Crippen molar-refractivity contribution < 1.29 is 23.9 Å². The highest BCUT2D eigenvalue weighted by Crippen LogP contribution is 2.46. The van der Waals surface area contributed by atoms with Crippen LogP contribution in [0.5, 0.6) is 0 Å². The van der Waals surface area contributed by atoms with Crippen molar-refractivity contribution in [2.75, 3.05) is 19.5 Å². The highest BCUT2D eigenvalue weighted by molar-refractivity contribution is 7.17. The Kier molecular flexibility index (Phi) is 5.32. The van der Waals surface area contributed by atoms with E-state index in [1.54, 1.807) is 12.1 Å². The van der Waals surface area contributed by atoms with E-state index in [9.17, 15) is 14.4 Å². The standard InChI is InChI=1S/C20H21NO5S/c1-10-5-6-12(9-11(10)2)17(22)21-18-16(20(24)26-4)15-13(19(23)25-3)7-8-14(15)27-18/h5-6,9,13H,7-8H2,1-4H3,(H,21,22)/t13-/m0/s1. The van der Waals surface area contributed by atoms with Crippen molar-refractivity contribution in [2.24, 2.45) is 0 Å².